The molecule has 1 aliphatic rings. The van der Waals surface area contributed by atoms with Crippen molar-refractivity contribution in [3.63, 3.8) is 0 Å². The second-order valence-corrected chi connectivity index (χ2v) is 7.20. The highest BCUT2D eigenvalue weighted by Crippen LogP contribution is 2.26. The number of hydrogen-bond donors (Lipinski definition) is 1. The van der Waals surface area contributed by atoms with Crippen molar-refractivity contribution >= 4 is 23.2 Å². The molecule has 1 aliphatic carbocycles. The molecular weight excluding hydrogens is 370 g/mol. The van der Waals surface area contributed by atoms with Crippen LogP contribution in [0, 0.1) is 0 Å². The molecular formula is C25H25N5. The van der Waals surface area contributed by atoms with Gasteiger partial charge in [0, 0.05) is 49.7 Å². The normalized spacial score (nSPS) is 15.3. The first-order chi connectivity index (χ1) is 14.7. The van der Waals surface area contributed by atoms with E-state index < -0.39 is 0 Å². The van der Waals surface area contributed by atoms with E-state index in [-0.39, 0.29) is 0 Å². The molecule has 150 valence electrons. The van der Waals surface area contributed by atoms with Crippen LogP contribution in [0.15, 0.2) is 83.8 Å². The first-order valence-corrected chi connectivity index (χ1v) is 9.98. The molecule has 0 amide bonds. The van der Waals surface area contributed by atoms with Gasteiger partial charge in [-0.1, -0.05) is 43.0 Å². The summed E-state index contributed by atoms with van der Waals surface area (Å²) in [7, 11) is 3.82. The highest BCUT2D eigenvalue weighted by molar-refractivity contribution is 6.04. The van der Waals surface area contributed by atoms with Crippen LogP contribution in [-0.2, 0) is 13.5 Å². The molecule has 4 rings (SSSR count). The molecule has 0 atom stereocenters. The van der Waals surface area contributed by atoms with Crippen molar-refractivity contribution in [1.29, 1.82) is 0 Å². The number of nitrogens with one attached hydrogen (secondary N) is 1. The van der Waals surface area contributed by atoms with Gasteiger partial charge >= 0.3 is 0 Å². The zero-order valence-electron chi connectivity index (χ0n) is 17.3. The molecule has 1 N–H and O–H groups in total. The van der Waals surface area contributed by atoms with E-state index in [1.807, 2.05) is 49.3 Å². The fraction of sp³-hybridized carbons (Fsp3) is 0.160. The van der Waals surface area contributed by atoms with Crippen LogP contribution >= 0.6 is 0 Å². The van der Waals surface area contributed by atoms with Gasteiger partial charge in [0.2, 0.25) is 0 Å². The van der Waals surface area contributed by atoms with Gasteiger partial charge in [-0.05, 0) is 41.7 Å². The summed E-state index contributed by atoms with van der Waals surface area (Å²) in [4.78, 5) is 13.5. The minimum absolute atomic E-state index is 0.774. The number of nitrogens with zero attached hydrogens (tertiary/aromatic N) is 4. The number of anilines is 1. The van der Waals surface area contributed by atoms with Crippen molar-refractivity contribution in [3.8, 4) is 0 Å². The summed E-state index contributed by atoms with van der Waals surface area (Å²) in [5, 5.41) is 3.43. The van der Waals surface area contributed by atoms with Gasteiger partial charge < -0.3 is 9.88 Å². The average molecular weight is 396 g/mol. The maximum atomic E-state index is 4.85. The van der Waals surface area contributed by atoms with Gasteiger partial charge in [-0.3, -0.25) is 9.98 Å². The van der Waals surface area contributed by atoms with E-state index in [1.54, 1.807) is 12.4 Å². The summed E-state index contributed by atoms with van der Waals surface area (Å²) < 4.78 is 1.94. The van der Waals surface area contributed by atoms with Gasteiger partial charge in [0.25, 0.3) is 0 Å². The summed E-state index contributed by atoms with van der Waals surface area (Å²) in [6.45, 7) is 3.83. The summed E-state index contributed by atoms with van der Waals surface area (Å²) >= 11 is 0. The lowest BCUT2D eigenvalue weighted by atomic mass is 10.1. The zero-order chi connectivity index (χ0) is 20.9. The predicted octanol–water partition coefficient (Wildman–Crippen LogP) is 4.44. The number of fused-ring (bicyclic) bond motifs is 1. The Balaban J connectivity index is 1.70. The second-order valence-electron chi connectivity index (χ2n) is 7.20. The van der Waals surface area contributed by atoms with Crippen molar-refractivity contribution in [2.75, 3.05) is 12.4 Å². The molecule has 0 bridgehead atoms. The Morgan fingerprint density at radius 3 is 2.73 bits per heavy atom. The van der Waals surface area contributed by atoms with Crippen molar-refractivity contribution in [2.45, 2.75) is 12.8 Å². The molecule has 0 saturated carbocycles. The largest absolute Gasteiger partial charge is 0.360 e. The predicted molar refractivity (Wildman–Crippen MR) is 124 cm³/mol. The fourth-order valence-electron chi connectivity index (χ4n) is 3.56. The van der Waals surface area contributed by atoms with E-state index in [0.717, 1.165) is 40.8 Å². The van der Waals surface area contributed by atoms with Crippen LogP contribution < -0.4 is 10.8 Å². The Kier molecular flexibility index (Phi) is 5.70. The van der Waals surface area contributed by atoms with Crippen LogP contribution in [0.1, 0.15) is 28.7 Å². The minimum atomic E-state index is 0.774. The Bertz CT molecular complexity index is 1200. The van der Waals surface area contributed by atoms with E-state index in [2.05, 4.69) is 52.2 Å². The van der Waals surface area contributed by atoms with Gasteiger partial charge in [-0.2, -0.15) is 0 Å². The number of rotatable bonds is 5. The number of aryl methyl sites for hydroxylation is 2. The molecule has 0 aliphatic heterocycles. The molecule has 0 fully saturated rings. The van der Waals surface area contributed by atoms with Gasteiger partial charge in [0.15, 0.2) is 5.49 Å². The van der Waals surface area contributed by atoms with Crippen molar-refractivity contribution in [2.24, 2.45) is 17.0 Å². The third kappa shape index (κ3) is 4.15. The van der Waals surface area contributed by atoms with E-state index >= 15 is 0 Å². The quantitative estimate of drug-likeness (QED) is 0.694. The van der Waals surface area contributed by atoms with Gasteiger partial charge in [0.05, 0.1) is 11.9 Å². The monoisotopic (exact) mass is 395 g/mol. The number of benzene rings is 2. The maximum Gasteiger partial charge on any atom is 0.151 e. The van der Waals surface area contributed by atoms with Crippen molar-refractivity contribution < 1.29 is 0 Å². The molecule has 1 aromatic heterocycles. The average Bonchev–Trinajstić information content (AvgIpc) is 3.20. The third-order valence-electron chi connectivity index (χ3n) is 5.30. The van der Waals surface area contributed by atoms with Crippen molar-refractivity contribution in [1.82, 2.24) is 9.55 Å². The highest BCUT2D eigenvalue weighted by atomic mass is 15.0. The lowest BCUT2D eigenvalue weighted by Crippen LogP contribution is -2.17. The van der Waals surface area contributed by atoms with Crippen LogP contribution in [0.3, 0.4) is 0 Å². The number of hydrogen-bond acceptors (Lipinski definition) is 4. The van der Waals surface area contributed by atoms with Crippen LogP contribution in [0.25, 0.3) is 11.8 Å². The van der Waals surface area contributed by atoms with Crippen LogP contribution in [0.5, 0.6) is 0 Å². The Hall–Kier alpha value is -3.73. The summed E-state index contributed by atoms with van der Waals surface area (Å²) in [6, 6.07) is 14.6. The fourth-order valence-corrected chi connectivity index (χ4v) is 3.56. The first-order valence-electron chi connectivity index (χ1n) is 9.98. The Morgan fingerprint density at radius 1 is 1.17 bits per heavy atom. The molecule has 3 aromatic rings. The second kappa shape index (κ2) is 8.74. The van der Waals surface area contributed by atoms with Crippen LogP contribution in [0.4, 0.5) is 5.69 Å². The molecule has 0 unspecified atom stereocenters. The minimum Gasteiger partial charge on any atom is -0.360 e. The maximum absolute atomic E-state index is 4.85. The zero-order valence-corrected chi connectivity index (χ0v) is 17.3. The van der Waals surface area contributed by atoms with E-state index in [4.69, 9.17) is 4.99 Å². The molecule has 1 heterocycles. The Morgan fingerprint density at radius 2 is 2.00 bits per heavy atom. The summed E-state index contributed by atoms with van der Waals surface area (Å²) in [5.41, 5.74) is 8.51. The van der Waals surface area contributed by atoms with Gasteiger partial charge in [-0.15, -0.1) is 0 Å². The molecule has 5 heteroatoms. The summed E-state index contributed by atoms with van der Waals surface area (Å²) in [6.07, 6.45) is 11.2. The first kappa shape index (κ1) is 19.6. The summed E-state index contributed by atoms with van der Waals surface area (Å²) in [5.74, 6) is 0. The van der Waals surface area contributed by atoms with Crippen LogP contribution in [-0.4, -0.2) is 22.3 Å². The van der Waals surface area contributed by atoms with E-state index in [9.17, 15) is 0 Å². The van der Waals surface area contributed by atoms with Crippen LogP contribution in [0.2, 0.25) is 0 Å². The van der Waals surface area contributed by atoms with Gasteiger partial charge in [0.1, 0.15) is 0 Å². The van der Waals surface area contributed by atoms with Crippen molar-refractivity contribution in [3.05, 3.63) is 102 Å². The molecule has 0 spiro atoms. The molecule has 0 radical (unpaired) electrons. The molecule has 0 saturated heterocycles. The van der Waals surface area contributed by atoms with E-state index in [1.165, 1.54) is 16.8 Å². The third-order valence-corrected chi connectivity index (χ3v) is 5.30. The topological polar surface area (TPSA) is 54.6 Å². The smallest absolute Gasteiger partial charge is 0.151 e. The number of aromatic nitrogens is 2. The lowest BCUT2D eigenvalue weighted by Gasteiger charge is -2.08. The standard InChI is InChI=1S/C25H25N5/c1-4-18-5-7-19(8-6-18)24(29-25-17-27-13-14-30(25)3)16-28-21-10-11-22-20(15-21)9-12-23(22)26-2/h4-8,10-11,13-17,28H,1,9,12H2,2-3H3/b24-16+,26-23?,29-25?. The Labute approximate surface area is 176 Å². The lowest BCUT2D eigenvalue weighted by molar-refractivity contribution is 0.817. The highest BCUT2D eigenvalue weighted by Gasteiger charge is 2.16. The van der Waals surface area contributed by atoms with E-state index in [0.29, 0.717) is 0 Å². The molecule has 30 heavy (non-hydrogen) atoms. The SMILES string of the molecule is C=Cc1ccc(/C(=C\Nc2ccc3c(c2)CCC3=NC)N=c2cnccn2C)cc1. The molecule has 5 nitrogen and oxygen atoms in total. The van der Waals surface area contributed by atoms with Gasteiger partial charge in [-0.25, -0.2) is 4.99 Å². The number of aliphatic imine (C=N–C) groups is 1. The molecule has 2 aromatic carbocycles.